The number of carbonyl (C=O) groups is 2. The molecule has 0 aromatic rings. The van der Waals surface area contributed by atoms with Gasteiger partial charge in [-0.05, 0) is 12.8 Å². The van der Waals surface area contributed by atoms with Crippen LogP contribution in [0.15, 0.2) is 0 Å². The number of esters is 2. The lowest BCUT2D eigenvalue weighted by Crippen LogP contribution is -2.27. The summed E-state index contributed by atoms with van der Waals surface area (Å²) in [6.07, 6.45) is 18.0. The number of hydrogen-bond acceptors (Lipinski definition) is 4. The van der Waals surface area contributed by atoms with Gasteiger partial charge in [-0.15, -0.1) is 0 Å². The molecule has 0 spiro atoms. The number of rotatable bonds is 17. The van der Waals surface area contributed by atoms with Crippen molar-refractivity contribution in [1.82, 2.24) is 0 Å². The van der Waals surface area contributed by atoms with Crippen molar-refractivity contribution in [3.8, 4) is 0 Å². The van der Waals surface area contributed by atoms with Gasteiger partial charge in [0.2, 0.25) is 0 Å². The first-order valence-corrected chi connectivity index (χ1v) is 10.4. The third-order valence-corrected chi connectivity index (χ3v) is 4.59. The molecule has 0 amide bonds. The Balaban J connectivity index is 3.39. The van der Waals surface area contributed by atoms with Crippen LogP contribution in [-0.2, 0) is 19.1 Å². The highest BCUT2D eigenvalue weighted by Gasteiger charge is 2.21. The minimum absolute atomic E-state index is 0.430. The zero-order chi connectivity index (χ0) is 18.8. The van der Waals surface area contributed by atoms with E-state index in [1.54, 1.807) is 0 Å². The van der Waals surface area contributed by atoms with Crippen LogP contribution >= 0.6 is 0 Å². The SMILES string of the molecule is CCCCCCCCCCCCCCCCC(OC(C)=O)C(=O)OC. The van der Waals surface area contributed by atoms with E-state index in [0.717, 1.165) is 12.8 Å². The van der Waals surface area contributed by atoms with Gasteiger partial charge in [0, 0.05) is 6.92 Å². The van der Waals surface area contributed by atoms with E-state index in [1.165, 1.54) is 91.1 Å². The molecule has 0 saturated heterocycles. The highest BCUT2D eigenvalue weighted by molar-refractivity contribution is 5.78. The number of methoxy groups -OCH3 is 1. The van der Waals surface area contributed by atoms with E-state index in [9.17, 15) is 9.59 Å². The van der Waals surface area contributed by atoms with Crippen molar-refractivity contribution in [3.63, 3.8) is 0 Å². The van der Waals surface area contributed by atoms with Gasteiger partial charge in [0.1, 0.15) is 0 Å². The first kappa shape index (κ1) is 23.9. The standard InChI is InChI=1S/C21H40O4/c1-4-5-6-7-8-9-10-11-12-13-14-15-16-17-18-20(21(23)24-3)25-19(2)22/h20H,4-18H2,1-3H3. The van der Waals surface area contributed by atoms with E-state index in [1.807, 2.05) is 0 Å². The van der Waals surface area contributed by atoms with Crippen LogP contribution < -0.4 is 0 Å². The van der Waals surface area contributed by atoms with Crippen molar-refractivity contribution in [1.29, 1.82) is 0 Å². The van der Waals surface area contributed by atoms with E-state index in [-0.39, 0.29) is 0 Å². The molecule has 0 N–H and O–H groups in total. The molecular formula is C21H40O4. The number of carbonyl (C=O) groups excluding carboxylic acids is 2. The lowest BCUT2D eigenvalue weighted by atomic mass is 10.0. The zero-order valence-corrected chi connectivity index (χ0v) is 16.8. The Morgan fingerprint density at radius 3 is 1.48 bits per heavy atom. The van der Waals surface area contributed by atoms with Gasteiger partial charge >= 0.3 is 11.9 Å². The van der Waals surface area contributed by atoms with Gasteiger partial charge in [-0.3, -0.25) is 4.79 Å². The molecule has 0 fully saturated rings. The van der Waals surface area contributed by atoms with E-state index < -0.39 is 18.0 Å². The van der Waals surface area contributed by atoms with E-state index in [4.69, 9.17) is 4.74 Å². The fourth-order valence-electron chi connectivity index (χ4n) is 3.08. The largest absolute Gasteiger partial charge is 0.466 e. The number of unbranched alkanes of at least 4 members (excludes halogenated alkanes) is 13. The molecule has 4 heteroatoms. The van der Waals surface area contributed by atoms with Gasteiger partial charge < -0.3 is 9.47 Å². The molecule has 0 aliphatic carbocycles. The van der Waals surface area contributed by atoms with Crippen LogP contribution in [-0.4, -0.2) is 25.2 Å². The van der Waals surface area contributed by atoms with Crippen LogP contribution in [0.3, 0.4) is 0 Å². The van der Waals surface area contributed by atoms with Gasteiger partial charge in [0.05, 0.1) is 7.11 Å². The molecule has 0 bridgehead atoms. The molecule has 0 aliphatic rings. The summed E-state index contributed by atoms with van der Waals surface area (Å²) < 4.78 is 9.67. The summed E-state index contributed by atoms with van der Waals surface area (Å²) in [6.45, 7) is 3.58. The third-order valence-electron chi connectivity index (χ3n) is 4.59. The molecule has 0 heterocycles. The Morgan fingerprint density at radius 2 is 1.12 bits per heavy atom. The van der Waals surface area contributed by atoms with E-state index >= 15 is 0 Å². The van der Waals surface area contributed by atoms with Crippen LogP contribution in [0.1, 0.15) is 110 Å². The predicted octanol–water partition coefficient (Wildman–Crippen LogP) is 5.96. The quantitative estimate of drug-likeness (QED) is 0.238. The summed E-state index contributed by atoms with van der Waals surface area (Å²) in [5.41, 5.74) is 0. The van der Waals surface area contributed by atoms with Crippen LogP contribution in [0.2, 0.25) is 0 Å². The Bertz CT molecular complexity index is 328. The highest BCUT2D eigenvalue weighted by atomic mass is 16.6. The molecule has 0 aromatic carbocycles. The second-order valence-electron chi connectivity index (χ2n) is 7.01. The molecule has 0 aromatic heterocycles. The third kappa shape index (κ3) is 16.2. The normalized spacial score (nSPS) is 12.0. The molecule has 1 atom stereocenters. The molecular weight excluding hydrogens is 316 g/mol. The lowest BCUT2D eigenvalue weighted by molar-refractivity contribution is -0.165. The maximum atomic E-state index is 11.5. The first-order chi connectivity index (χ1) is 12.1. The fraction of sp³-hybridized carbons (Fsp3) is 0.905. The van der Waals surface area contributed by atoms with Crippen molar-refractivity contribution in [2.75, 3.05) is 7.11 Å². The van der Waals surface area contributed by atoms with Gasteiger partial charge in [-0.1, -0.05) is 90.4 Å². The van der Waals surface area contributed by atoms with Gasteiger partial charge in [0.15, 0.2) is 6.10 Å². The summed E-state index contributed by atoms with van der Waals surface area (Å²) in [5, 5.41) is 0. The van der Waals surface area contributed by atoms with E-state index in [2.05, 4.69) is 11.7 Å². The Hall–Kier alpha value is -1.06. The zero-order valence-electron chi connectivity index (χ0n) is 16.8. The van der Waals surface area contributed by atoms with Crippen molar-refractivity contribution in [3.05, 3.63) is 0 Å². The maximum absolute atomic E-state index is 11.5. The Labute approximate surface area is 155 Å². The average Bonchev–Trinajstić information content (AvgIpc) is 2.60. The second kappa shape index (κ2) is 17.8. The van der Waals surface area contributed by atoms with Crippen molar-refractivity contribution in [2.24, 2.45) is 0 Å². The van der Waals surface area contributed by atoms with Crippen LogP contribution in [0.5, 0.6) is 0 Å². The maximum Gasteiger partial charge on any atom is 0.347 e. The average molecular weight is 357 g/mol. The highest BCUT2D eigenvalue weighted by Crippen LogP contribution is 2.14. The molecule has 4 nitrogen and oxygen atoms in total. The summed E-state index contributed by atoms with van der Waals surface area (Å²) >= 11 is 0. The Kier molecular flexibility index (Phi) is 17.0. The van der Waals surface area contributed by atoms with Crippen molar-refractivity contribution >= 4 is 11.9 Å². The lowest BCUT2D eigenvalue weighted by Gasteiger charge is -2.14. The number of ether oxygens (including phenoxy) is 2. The fourth-order valence-corrected chi connectivity index (χ4v) is 3.08. The second-order valence-corrected chi connectivity index (χ2v) is 7.01. The minimum atomic E-state index is -0.736. The summed E-state index contributed by atoms with van der Waals surface area (Å²) in [6, 6.07) is 0. The van der Waals surface area contributed by atoms with Crippen LogP contribution in [0.25, 0.3) is 0 Å². The predicted molar refractivity (Wildman–Crippen MR) is 102 cm³/mol. The van der Waals surface area contributed by atoms with Gasteiger partial charge in [-0.2, -0.15) is 0 Å². The molecule has 1 unspecified atom stereocenters. The molecule has 25 heavy (non-hydrogen) atoms. The van der Waals surface area contributed by atoms with Crippen molar-refractivity contribution < 1.29 is 19.1 Å². The summed E-state index contributed by atoms with van der Waals surface area (Å²) in [5.74, 6) is -0.884. The molecule has 0 aliphatic heterocycles. The summed E-state index contributed by atoms with van der Waals surface area (Å²) in [4.78, 5) is 22.5. The minimum Gasteiger partial charge on any atom is -0.466 e. The van der Waals surface area contributed by atoms with Crippen LogP contribution in [0.4, 0.5) is 0 Å². The molecule has 0 saturated carbocycles. The number of hydrogen-bond donors (Lipinski definition) is 0. The van der Waals surface area contributed by atoms with Crippen molar-refractivity contribution in [2.45, 2.75) is 116 Å². The summed E-state index contributed by atoms with van der Waals surface area (Å²) in [7, 11) is 1.32. The first-order valence-electron chi connectivity index (χ1n) is 10.4. The van der Waals surface area contributed by atoms with Gasteiger partial charge in [0.25, 0.3) is 0 Å². The van der Waals surface area contributed by atoms with E-state index in [0.29, 0.717) is 6.42 Å². The monoisotopic (exact) mass is 356 g/mol. The molecule has 0 rings (SSSR count). The van der Waals surface area contributed by atoms with Gasteiger partial charge in [-0.25, -0.2) is 4.79 Å². The molecule has 0 radical (unpaired) electrons. The molecule has 148 valence electrons. The van der Waals surface area contributed by atoms with Crippen LogP contribution in [0, 0.1) is 0 Å². The smallest absolute Gasteiger partial charge is 0.347 e. The Morgan fingerprint density at radius 1 is 0.720 bits per heavy atom. The topological polar surface area (TPSA) is 52.6 Å².